The van der Waals surface area contributed by atoms with Crippen LogP contribution in [0.4, 0.5) is 5.69 Å². The topological polar surface area (TPSA) is 99.6 Å². The molecule has 6 rings (SSSR count). The van der Waals surface area contributed by atoms with Crippen LogP contribution in [0.1, 0.15) is 32.8 Å². The fourth-order valence-corrected chi connectivity index (χ4v) is 7.67. The summed E-state index contributed by atoms with van der Waals surface area (Å²) in [5.74, 6) is -2.08. The molecule has 1 N–H and O–H groups in total. The molecule has 1 spiro atoms. The Balaban J connectivity index is 1.48. The maximum atomic E-state index is 14.8. The molecule has 9 nitrogen and oxygen atoms in total. The number of amides is 3. The van der Waals surface area contributed by atoms with Gasteiger partial charge in [-0.05, 0) is 42.2 Å². The van der Waals surface area contributed by atoms with Gasteiger partial charge >= 0.3 is 0 Å². The lowest BCUT2D eigenvalue weighted by atomic mass is 9.73. The van der Waals surface area contributed by atoms with Gasteiger partial charge in [-0.3, -0.25) is 14.4 Å². The van der Waals surface area contributed by atoms with Crippen molar-refractivity contribution in [1.29, 1.82) is 0 Å². The molecule has 4 heterocycles. The van der Waals surface area contributed by atoms with Gasteiger partial charge < -0.3 is 29.3 Å². The molecule has 0 aliphatic carbocycles. The van der Waals surface area contributed by atoms with Gasteiger partial charge in [0.05, 0.1) is 37.2 Å². The first kappa shape index (κ1) is 30.1. The lowest BCUT2D eigenvalue weighted by Gasteiger charge is -2.41. The summed E-state index contributed by atoms with van der Waals surface area (Å²) in [6.45, 7) is 6.54. The number of aliphatic hydroxyl groups is 1. The highest BCUT2D eigenvalue weighted by molar-refractivity contribution is 6.06. The number of anilines is 1. The van der Waals surface area contributed by atoms with Crippen molar-refractivity contribution in [2.45, 2.75) is 57.0 Å². The van der Waals surface area contributed by atoms with Crippen LogP contribution in [-0.4, -0.2) is 82.7 Å². The molecule has 4 aliphatic heterocycles. The maximum absolute atomic E-state index is 14.8. The number of ether oxygens (including phenoxy) is 2. The maximum Gasteiger partial charge on any atom is 0.253 e. The molecule has 232 valence electrons. The average molecular weight is 600 g/mol. The van der Waals surface area contributed by atoms with Gasteiger partial charge in [0.2, 0.25) is 11.8 Å². The quantitative estimate of drug-likeness (QED) is 0.466. The van der Waals surface area contributed by atoms with Gasteiger partial charge in [-0.15, -0.1) is 0 Å². The third-order valence-electron chi connectivity index (χ3n) is 9.88. The van der Waals surface area contributed by atoms with Crippen LogP contribution >= 0.6 is 0 Å². The molecule has 0 bridgehead atoms. The molecule has 2 aromatic carbocycles. The second-order valence-corrected chi connectivity index (χ2v) is 12.5. The van der Waals surface area contributed by atoms with Crippen molar-refractivity contribution < 1.29 is 29.0 Å². The summed E-state index contributed by atoms with van der Waals surface area (Å²) in [5.41, 5.74) is -0.821. The highest BCUT2D eigenvalue weighted by atomic mass is 16.5. The van der Waals surface area contributed by atoms with E-state index < -0.39 is 35.1 Å². The van der Waals surface area contributed by atoms with Crippen molar-refractivity contribution in [1.82, 2.24) is 9.80 Å². The van der Waals surface area contributed by atoms with Gasteiger partial charge in [0.15, 0.2) is 0 Å². The number of aliphatic hydroxyl groups excluding tert-OH is 1. The second kappa shape index (κ2) is 11.5. The van der Waals surface area contributed by atoms with Gasteiger partial charge in [-0.1, -0.05) is 75.4 Å². The van der Waals surface area contributed by atoms with Gasteiger partial charge in [-0.2, -0.15) is 0 Å². The van der Waals surface area contributed by atoms with Crippen molar-refractivity contribution in [3.8, 4) is 5.75 Å². The highest BCUT2D eigenvalue weighted by Crippen LogP contribution is 2.59. The molecule has 9 heteroatoms. The van der Waals surface area contributed by atoms with Crippen LogP contribution in [0, 0.1) is 17.8 Å². The Morgan fingerprint density at radius 1 is 0.932 bits per heavy atom. The monoisotopic (exact) mass is 599 g/mol. The minimum absolute atomic E-state index is 0.149. The Bertz CT molecular complexity index is 1470. The van der Waals surface area contributed by atoms with Gasteiger partial charge in [0.1, 0.15) is 17.4 Å². The summed E-state index contributed by atoms with van der Waals surface area (Å²) in [5, 5.41) is 10.6. The van der Waals surface area contributed by atoms with Crippen molar-refractivity contribution in [3.63, 3.8) is 0 Å². The van der Waals surface area contributed by atoms with Crippen LogP contribution in [0.5, 0.6) is 5.75 Å². The average Bonchev–Trinajstić information content (AvgIpc) is 3.32. The number of nitrogens with zero attached hydrogens (tertiary/aromatic N) is 3. The van der Waals surface area contributed by atoms with Gasteiger partial charge in [0, 0.05) is 25.3 Å². The van der Waals surface area contributed by atoms with Gasteiger partial charge in [-0.25, -0.2) is 0 Å². The standard InChI is InChI=1S/C35H41N3O6/c1-5-34-17-9-19-36(21-24-11-7-6-8-12-24)31(40)28(34)29-32(41)38(27(22-39)23(2)3)30-33(42)37(20-10-18-35(29,30)44-34)25-13-15-26(43-4)16-14-25/h6-18,23,27-30,39H,5,19-22H2,1-4H3/t27-,28-,29-,30?,34+,35-/m0/s1. The molecule has 4 aliphatic rings. The number of hydrogen-bond acceptors (Lipinski definition) is 6. The second-order valence-electron chi connectivity index (χ2n) is 12.5. The summed E-state index contributed by atoms with van der Waals surface area (Å²) in [6, 6.07) is 15.3. The highest BCUT2D eigenvalue weighted by Gasteiger charge is 2.76. The van der Waals surface area contributed by atoms with Crippen LogP contribution in [0.25, 0.3) is 0 Å². The number of methoxy groups -OCH3 is 1. The normalized spacial score (nSPS) is 30.3. The van der Waals surface area contributed by atoms with E-state index in [2.05, 4.69) is 0 Å². The summed E-state index contributed by atoms with van der Waals surface area (Å²) in [6.07, 6.45) is 8.08. The Hall–Kier alpha value is -3.95. The van der Waals surface area contributed by atoms with E-state index >= 15 is 0 Å². The van der Waals surface area contributed by atoms with E-state index in [1.54, 1.807) is 29.0 Å². The van der Waals surface area contributed by atoms with Crippen molar-refractivity contribution in [2.75, 3.05) is 31.7 Å². The van der Waals surface area contributed by atoms with E-state index in [9.17, 15) is 19.5 Å². The molecule has 6 atom stereocenters. The molecule has 0 saturated carbocycles. The van der Waals surface area contributed by atoms with Crippen LogP contribution < -0.4 is 9.64 Å². The minimum Gasteiger partial charge on any atom is -0.497 e. The first-order chi connectivity index (χ1) is 21.2. The van der Waals surface area contributed by atoms with Crippen LogP contribution in [0.2, 0.25) is 0 Å². The Kier molecular flexibility index (Phi) is 7.88. The van der Waals surface area contributed by atoms with E-state index in [1.807, 2.05) is 87.5 Å². The number of hydrogen-bond donors (Lipinski definition) is 1. The van der Waals surface area contributed by atoms with E-state index in [0.29, 0.717) is 30.9 Å². The first-order valence-corrected chi connectivity index (χ1v) is 15.5. The number of carbonyl (C=O) groups excluding carboxylic acids is 3. The largest absolute Gasteiger partial charge is 0.497 e. The summed E-state index contributed by atoms with van der Waals surface area (Å²) in [7, 11) is 1.58. The summed E-state index contributed by atoms with van der Waals surface area (Å²) in [4.78, 5) is 49.1. The number of likely N-dealkylation sites (tertiary alicyclic amines) is 1. The van der Waals surface area contributed by atoms with Crippen molar-refractivity contribution in [3.05, 3.63) is 84.5 Å². The predicted octanol–water partition coefficient (Wildman–Crippen LogP) is 3.57. The fourth-order valence-electron chi connectivity index (χ4n) is 7.67. The van der Waals surface area contributed by atoms with Crippen molar-refractivity contribution in [2.24, 2.45) is 17.8 Å². The molecule has 0 radical (unpaired) electrons. The third kappa shape index (κ3) is 4.56. The molecular weight excluding hydrogens is 558 g/mol. The minimum atomic E-state index is -1.39. The number of carbonyl (C=O) groups is 3. The van der Waals surface area contributed by atoms with Crippen LogP contribution in [0.15, 0.2) is 78.9 Å². The number of rotatable bonds is 8. The van der Waals surface area contributed by atoms with Gasteiger partial charge in [0.25, 0.3) is 5.91 Å². The number of fused-ring (bicyclic) bond motifs is 2. The molecule has 1 unspecified atom stereocenters. The zero-order valence-electron chi connectivity index (χ0n) is 25.8. The fraction of sp³-hybridized carbons (Fsp3) is 0.457. The zero-order valence-corrected chi connectivity index (χ0v) is 25.8. The SMILES string of the molecule is CC[C@@]12C=CCN(Cc3ccccc3)C(=O)[C@@H]1[C@H]1C(=O)N([C@@H](CO)C(C)C)C3C(=O)N(c4ccc(OC)cc4)CC=C[C@@]31O2. The van der Waals surface area contributed by atoms with E-state index in [1.165, 1.54) is 4.90 Å². The Labute approximate surface area is 258 Å². The van der Waals surface area contributed by atoms with E-state index in [4.69, 9.17) is 9.47 Å². The van der Waals surface area contributed by atoms with Crippen LogP contribution in [0.3, 0.4) is 0 Å². The zero-order chi connectivity index (χ0) is 31.2. The van der Waals surface area contributed by atoms with Crippen molar-refractivity contribution >= 4 is 23.4 Å². The predicted molar refractivity (Wildman–Crippen MR) is 166 cm³/mol. The molecule has 0 aromatic heterocycles. The Morgan fingerprint density at radius 3 is 2.27 bits per heavy atom. The lowest BCUT2D eigenvalue weighted by molar-refractivity contribution is -0.153. The molecule has 2 fully saturated rings. The van der Waals surface area contributed by atoms with Crippen LogP contribution in [-0.2, 0) is 25.7 Å². The summed E-state index contributed by atoms with van der Waals surface area (Å²) < 4.78 is 12.4. The molecule has 3 amide bonds. The van der Waals surface area contributed by atoms with E-state index in [-0.39, 0.29) is 36.8 Å². The molecule has 2 saturated heterocycles. The molecule has 44 heavy (non-hydrogen) atoms. The van der Waals surface area contributed by atoms with E-state index in [0.717, 1.165) is 5.56 Å². The summed E-state index contributed by atoms with van der Waals surface area (Å²) >= 11 is 0. The number of benzene rings is 2. The Morgan fingerprint density at radius 2 is 1.64 bits per heavy atom. The third-order valence-corrected chi connectivity index (χ3v) is 9.88. The smallest absolute Gasteiger partial charge is 0.253 e. The lowest BCUT2D eigenvalue weighted by Crippen LogP contribution is -2.60. The molecular formula is C35H41N3O6. The molecule has 2 aromatic rings. The first-order valence-electron chi connectivity index (χ1n) is 15.5.